The Morgan fingerprint density at radius 1 is 1.30 bits per heavy atom. The van der Waals surface area contributed by atoms with Crippen LogP contribution in [0.15, 0.2) is 0 Å². The van der Waals surface area contributed by atoms with Crippen LogP contribution in [0.3, 0.4) is 0 Å². The molecule has 5 nitrogen and oxygen atoms in total. The first-order valence-corrected chi connectivity index (χ1v) is 8.76. The molecule has 0 saturated carbocycles. The summed E-state index contributed by atoms with van der Waals surface area (Å²) < 4.78 is 0. The largest absolute Gasteiger partial charge is 0.335 e. The number of aromatic nitrogens is 2. The maximum absolute atomic E-state index is 13.0. The van der Waals surface area contributed by atoms with Gasteiger partial charge in [-0.25, -0.2) is 0 Å². The number of hydrogen-bond donors (Lipinski definition) is 2. The fraction of sp³-hybridized carbons (Fsp3) is 0.765. The van der Waals surface area contributed by atoms with Crippen molar-refractivity contribution in [1.29, 1.82) is 0 Å². The third kappa shape index (κ3) is 4.95. The smallest absolute Gasteiger partial charge is 0.274 e. The Morgan fingerprint density at radius 3 is 2.78 bits per heavy atom. The number of amides is 1. The molecule has 0 fully saturated rings. The average Bonchev–Trinajstić information content (AvgIpc) is 2.95. The summed E-state index contributed by atoms with van der Waals surface area (Å²) in [4.78, 5) is 15.0. The second kappa shape index (κ2) is 9.93. The lowest BCUT2D eigenvalue weighted by Crippen LogP contribution is -2.40. The van der Waals surface area contributed by atoms with Crippen LogP contribution >= 0.6 is 12.4 Å². The molecule has 1 unspecified atom stereocenters. The predicted molar refractivity (Wildman–Crippen MR) is 96.2 cm³/mol. The van der Waals surface area contributed by atoms with E-state index >= 15 is 0 Å². The summed E-state index contributed by atoms with van der Waals surface area (Å²) in [6.07, 6.45) is 6.48. The summed E-state index contributed by atoms with van der Waals surface area (Å²) >= 11 is 0. The molecule has 1 atom stereocenters. The maximum atomic E-state index is 13.0. The highest BCUT2D eigenvalue weighted by atomic mass is 35.5. The number of H-pyrrole nitrogens is 1. The van der Waals surface area contributed by atoms with E-state index in [9.17, 15) is 4.79 Å². The van der Waals surface area contributed by atoms with Crippen LogP contribution in [-0.4, -0.2) is 40.1 Å². The molecule has 2 heterocycles. The van der Waals surface area contributed by atoms with Gasteiger partial charge in [-0.15, -0.1) is 12.4 Å². The molecule has 0 saturated heterocycles. The predicted octanol–water partition coefficient (Wildman–Crippen LogP) is 3.30. The summed E-state index contributed by atoms with van der Waals surface area (Å²) in [5, 5.41) is 10.7. The van der Waals surface area contributed by atoms with E-state index in [0.717, 1.165) is 56.6 Å². The Kier molecular flexibility index (Phi) is 8.63. The van der Waals surface area contributed by atoms with E-state index in [2.05, 4.69) is 36.3 Å². The van der Waals surface area contributed by atoms with Crippen LogP contribution in [0.2, 0.25) is 0 Å². The zero-order valence-corrected chi connectivity index (χ0v) is 15.5. The summed E-state index contributed by atoms with van der Waals surface area (Å²) in [6, 6.07) is 0.276. The Bertz CT molecular complexity index is 489. The molecule has 1 aromatic heterocycles. The monoisotopic (exact) mass is 342 g/mol. The van der Waals surface area contributed by atoms with Gasteiger partial charge < -0.3 is 10.2 Å². The Balaban J connectivity index is 0.00000264. The van der Waals surface area contributed by atoms with Gasteiger partial charge in [-0.2, -0.15) is 5.10 Å². The van der Waals surface area contributed by atoms with Crippen molar-refractivity contribution >= 4 is 18.3 Å². The Hall–Kier alpha value is -1.07. The third-order valence-electron chi connectivity index (χ3n) is 4.51. The van der Waals surface area contributed by atoms with Crippen molar-refractivity contribution in [3.05, 3.63) is 17.0 Å². The number of halogens is 1. The topological polar surface area (TPSA) is 61.0 Å². The summed E-state index contributed by atoms with van der Waals surface area (Å²) in [6.45, 7) is 9.06. The molecule has 1 amide bonds. The van der Waals surface area contributed by atoms with Crippen molar-refractivity contribution in [2.45, 2.75) is 71.9 Å². The van der Waals surface area contributed by atoms with Crippen molar-refractivity contribution < 1.29 is 4.79 Å². The molecule has 1 aromatic rings. The molecule has 2 N–H and O–H groups in total. The lowest BCUT2D eigenvalue weighted by atomic mass is 10.0. The number of carbonyl (C=O) groups is 1. The minimum absolute atomic E-state index is 0. The van der Waals surface area contributed by atoms with E-state index in [4.69, 9.17) is 0 Å². The Morgan fingerprint density at radius 2 is 2.09 bits per heavy atom. The summed E-state index contributed by atoms with van der Waals surface area (Å²) in [5.74, 6) is 0.0956. The van der Waals surface area contributed by atoms with Gasteiger partial charge in [0.25, 0.3) is 5.91 Å². The van der Waals surface area contributed by atoms with Crippen molar-refractivity contribution in [2.24, 2.45) is 0 Å². The number of fused-ring (bicyclic) bond motifs is 1. The Labute approximate surface area is 146 Å². The highest BCUT2D eigenvalue weighted by Gasteiger charge is 2.27. The van der Waals surface area contributed by atoms with E-state index in [-0.39, 0.29) is 24.4 Å². The number of nitrogens with one attached hydrogen (secondary N) is 2. The first-order chi connectivity index (χ1) is 10.7. The molecular formula is C17H31ClN4O. The average molecular weight is 343 g/mol. The number of hydrogen-bond acceptors (Lipinski definition) is 3. The summed E-state index contributed by atoms with van der Waals surface area (Å²) in [5.41, 5.74) is 2.82. The standard InChI is InChI=1S/C17H30N4O.ClH/c1-4-6-7-11-21(13(3)8-5-2)17(22)16-14-12-18-10-9-15(14)19-20-16;/h13,18H,4-12H2,1-3H3,(H,19,20);1H. The van der Waals surface area contributed by atoms with Gasteiger partial charge in [0.1, 0.15) is 0 Å². The molecule has 23 heavy (non-hydrogen) atoms. The molecule has 2 rings (SSSR count). The lowest BCUT2D eigenvalue weighted by Gasteiger charge is -2.29. The molecule has 0 bridgehead atoms. The maximum Gasteiger partial charge on any atom is 0.274 e. The van der Waals surface area contributed by atoms with Crippen molar-refractivity contribution in [1.82, 2.24) is 20.4 Å². The normalized spacial score (nSPS) is 14.7. The second-order valence-electron chi connectivity index (χ2n) is 6.30. The first kappa shape index (κ1) is 20.0. The number of aromatic amines is 1. The number of carbonyl (C=O) groups excluding carboxylic acids is 1. The van der Waals surface area contributed by atoms with Crippen molar-refractivity contribution in [3.8, 4) is 0 Å². The minimum Gasteiger partial charge on any atom is -0.335 e. The fourth-order valence-corrected chi connectivity index (χ4v) is 3.17. The highest BCUT2D eigenvalue weighted by Crippen LogP contribution is 2.19. The first-order valence-electron chi connectivity index (χ1n) is 8.76. The van der Waals surface area contributed by atoms with Gasteiger partial charge in [0.05, 0.1) is 0 Å². The highest BCUT2D eigenvalue weighted by molar-refractivity contribution is 5.94. The van der Waals surface area contributed by atoms with Crippen LogP contribution in [0.4, 0.5) is 0 Å². The number of nitrogens with zero attached hydrogens (tertiary/aromatic N) is 2. The van der Waals surface area contributed by atoms with E-state index in [1.54, 1.807) is 0 Å². The molecule has 1 aliphatic heterocycles. The second-order valence-corrected chi connectivity index (χ2v) is 6.30. The number of unbranched alkanes of at least 4 members (excludes halogenated alkanes) is 2. The molecule has 6 heteroatoms. The fourth-order valence-electron chi connectivity index (χ4n) is 3.17. The van der Waals surface area contributed by atoms with Gasteiger partial charge in [0.2, 0.25) is 0 Å². The van der Waals surface area contributed by atoms with Gasteiger partial charge in [0.15, 0.2) is 5.69 Å². The minimum atomic E-state index is 0. The zero-order valence-electron chi connectivity index (χ0n) is 14.7. The van der Waals surface area contributed by atoms with Gasteiger partial charge in [-0.1, -0.05) is 33.1 Å². The quantitative estimate of drug-likeness (QED) is 0.712. The van der Waals surface area contributed by atoms with Gasteiger partial charge in [-0.3, -0.25) is 9.89 Å². The van der Waals surface area contributed by atoms with Crippen molar-refractivity contribution in [2.75, 3.05) is 13.1 Å². The molecule has 132 valence electrons. The van der Waals surface area contributed by atoms with Gasteiger partial charge in [0, 0.05) is 43.4 Å². The van der Waals surface area contributed by atoms with E-state index in [0.29, 0.717) is 5.69 Å². The molecular weight excluding hydrogens is 312 g/mol. The van der Waals surface area contributed by atoms with Crippen LogP contribution in [-0.2, 0) is 13.0 Å². The van der Waals surface area contributed by atoms with E-state index < -0.39 is 0 Å². The molecule has 0 aromatic carbocycles. The van der Waals surface area contributed by atoms with Crippen molar-refractivity contribution in [3.63, 3.8) is 0 Å². The SMILES string of the molecule is CCCCCN(C(=O)c1n[nH]c2c1CNCC2)C(C)CCC.Cl. The summed E-state index contributed by atoms with van der Waals surface area (Å²) in [7, 11) is 0. The van der Waals surface area contributed by atoms with Crippen LogP contribution in [0.5, 0.6) is 0 Å². The molecule has 1 aliphatic rings. The van der Waals surface area contributed by atoms with E-state index in [1.807, 2.05) is 4.90 Å². The van der Waals surface area contributed by atoms with Crippen LogP contribution in [0.1, 0.15) is 74.6 Å². The molecule has 0 radical (unpaired) electrons. The third-order valence-corrected chi connectivity index (χ3v) is 4.51. The lowest BCUT2D eigenvalue weighted by molar-refractivity contribution is 0.0672. The van der Waals surface area contributed by atoms with Crippen LogP contribution in [0, 0.1) is 0 Å². The molecule has 0 spiro atoms. The zero-order chi connectivity index (χ0) is 15.9. The van der Waals surface area contributed by atoms with Gasteiger partial charge in [-0.05, 0) is 19.8 Å². The van der Waals surface area contributed by atoms with Crippen LogP contribution < -0.4 is 5.32 Å². The molecule has 0 aliphatic carbocycles. The van der Waals surface area contributed by atoms with E-state index in [1.165, 1.54) is 12.8 Å². The van der Waals surface area contributed by atoms with Crippen LogP contribution in [0.25, 0.3) is 0 Å². The van der Waals surface area contributed by atoms with Gasteiger partial charge >= 0.3 is 0 Å². The number of rotatable bonds is 8.